The van der Waals surface area contributed by atoms with Gasteiger partial charge < -0.3 is 10.1 Å². The molecule has 122 valence electrons. The van der Waals surface area contributed by atoms with E-state index in [1.807, 2.05) is 37.3 Å². The molecule has 1 aromatic heterocycles. The van der Waals surface area contributed by atoms with E-state index < -0.39 is 0 Å². The van der Waals surface area contributed by atoms with Gasteiger partial charge in [-0.1, -0.05) is 29.8 Å². The van der Waals surface area contributed by atoms with Gasteiger partial charge in [-0.25, -0.2) is 4.79 Å². The number of nitrogens with one attached hydrogen (secondary N) is 1. The Morgan fingerprint density at radius 2 is 1.83 bits per heavy atom. The zero-order chi connectivity index (χ0) is 16.9. The molecule has 1 atom stereocenters. The van der Waals surface area contributed by atoms with Crippen molar-refractivity contribution in [1.29, 1.82) is 0 Å². The Morgan fingerprint density at radius 3 is 2.54 bits per heavy atom. The minimum atomic E-state index is -0.352. The van der Waals surface area contributed by atoms with E-state index in [0.29, 0.717) is 22.2 Å². The Morgan fingerprint density at radius 1 is 1.12 bits per heavy atom. The lowest BCUT2D eigenvalue weighted by Gasteiger charge is -2.16. The fourth-order valence-corrected chi connectivity index (χ4v) is 2.39. The third-order valence-electron chi connectivity index (χ3n) is 3.43. The van der Waals surface area contributed by atoms with Crippen molar-refractivity contribution in [3.63, 3.8) is 0 Å². The molecule has 0 aliphatic heterocycles. The van der Waals surface area contributed by atoms with Crippen molar-refractivity contribution >= 4 is 23.3 Å². The number of rotatable bonds is 4. The van der Waals surface area contributed by atoms with Crippen LogP contribution in [-0.2, 0) is 0 Å². The van der Waals surface area contributed by atoms with Gasteiger partial charge >= 0.3 is 6.03 Å². The first kappa shape index (κ1) is 16.1. The summed E-state index contributed by atoms with van der Waals surface area (Å²) in [6.07, 6.45) is 1.22. The summed E-state index contributed by atoms with van der Waals surface area (Å²) in [6.45, 7) is 1.86. The molecule has 0 spiro atoms. The van der Waals surface area contributed by atoms with Crippen LogP contribution in [0.25, 0.3) is 0 Å². The van der Waals surface area contributed by atoms with E-state index in [9.17, 15) is 4.79 Å². The van der Waals surface area contributed by atoms with Gasteiger partial charge in [-0.15, -0.1) is 0 Å². The van der Waals surface area contributed by atoms with E-state index in [2.05, 4.69) is 10.4 Å². The monoisotopic (exact) mass is 341 g/mol. The van der Waals surface area contributed by atoms with Gasteiger partial charge in [-0.2, -0.15) is 9.78 Å². The number of anilines is 1. The van der Waals surface area contributed by atoms with Crippen LogP contribution in [-0.4, -0.2) is 15.8 Å². The molecular weight excluding hydrogens is 326 g/mol. The van der Waals surface area contributed by atoms with Crippen LogP contribution in [0.4, 0.5) is 10.5 Å². The molecule has 0 fully saturated rings. The van der Waals surface area contributed by atoms with Gasteiger partial charge in [0, 0.05) is 16.9 Å². The third kappa shape index (κ3) is 3.75. The van der Waals surface area contributed by atoms with Gasteiger partial charge in [0.2, 0.25) is 0 Å². The molecule has 0 unspecified atom stereocenters. The molecule has 0 saturated carbocycles. The van der Waals surface area contributed by atoms with E-state index in [4.69, 9.17) is 16.3 Å². The van der Waals surface area contributed by atoms with Crippen LogP contribution in [0.3, 0.4) is 0 Å². The number of benzene rings is 2. The molecule has 5 nitrogen and oxygen atoms in total. The quantitative estimate of drug-likeness (QED) is 0.744. The molecule has 0 saturated heterocycles. The van der Waals surface area contributed by atoms with Crippen LogP contribution < -0.4 is 10.1 Å². The summed E-state index contributed by atoms with van der Waals surface area (Å²) in [4.78, 5) is 12.4. The van der Waals surface area contributed by atoms with E-state index in [1.165, 1.54) is 4.68 Å². The van der Waals surface area contributed by atoms with E-state index in [1.54, 1.807) is 36.5 Å². The highest BCUT2D eigenvalue weighted by molar-refractivity contribution is 6.30. The Balaban J connectivity index is 1.74. The lowest BCUT2D eigenvalue weighted by atomic mass is 10.2. The lowest BCUT2D eigenvalue weighted by molar-refractivity contribution is 0.212. The van der Waals surface area contributed by atoms with Crippen LogP contribution >= 0.6 is 11.6 Å². The maximum absolute atomic E-state index is 12.4. The number of carbonyl (C=O) groups excluding carboxylic acids is 1. The van der Waals surface area contributed by atoms with Crippen LogP contribution in [0.15, 0.2) is 66.9 Å². The van der Waals surface area contributed by atoms with Gasteiger partial charge in [0.1, 0.15) is 11.9 Å². The van der Waals surface area contributed by atoms with Gasteiger partial charge in [0.15, 0.2) is 0 Å². The second kappa shape index (κ2) is 7.19. The number of para-hydroxylation sites is 1. The average Bonchev–Trinajstić information content (AvgIpc) is 3.08. The zero-order valence-electron chi connectivity index (χ0n) is 13.0. The topological polar surface area (TPSA) is 56.2 Å². The second-order valence-corrected chi connectivity index (χ2v) is 5.61. The van der Waals surface area contributed by atoms with Crippen LogP contribution in [0, 0.1) is 0 Å². The number of hydrogen-bond donors (Lipinski definition) is 1. The smallest absolute Gasteiger partial charge is 0.346 e. The number of halogens is 1. The predicted molar refractivity (Wildman–Crippen MR) is 93.6 cm³/mol. The standard InChI is InChI=1S/C18H16ClN3O2/c1-13(24-16-9-7-14(19)8-10-16)17-11-12-20-22(17)18(23)21-15-5-3-2-4-6-15/h2-13H,1H3,(H,21,23)/t13-/m1/s1. The Labute approximate surface area is 144 Å². The summed E-state index contributed by atoms with van der Waals surface area (Å²) in [6, 6.07) is 17.7. The summed E-state index contributed by atoms with van der Waals surface area (Å²) in [5, 5.41) is 7.53. The zero-order valence-corrected chi connectivity index (χ0v) is 13.8. The van der Waals surface area contributed by atoms with E-state index >= 15 is 0 Å². The molecule has 0 aliphatic carbocycles. The summed E-state index contributed by atoms with van der Waals surface area (Å²) in [5.41, 5.74) is 1.36. The van der Waals surface area contributed by atoms with Crippen molar-refractivity contribution in [3.05, 3.63) is 77.6 Å². The van der Waals surface area contributed by atoms with Gasteiger partial charge in [0.25, 0.3) is 0 Å². The highest BCUT2D eigenvalue weighted by Gasteiger charge is 2.17. The van der Waals surface area contributed by atoms with Gasteiger partial charge in [0.05, 0.1) is 5.69 Å². The van der Waals surface area contributed by atoms with Gasteiger partial charge in [-0.05, 0) is 49.4 Å². The number of ether oxygens (including phenoxy) is 1. The molecule has 1 heterocycles. The Kier molecular flexibility index (Phi) is 4.82. The summed E-state index contributed by atoms with van der Waals surface area (Å²) >= 11 is 5.87. The summed E-state index contributed by atoms with van der Waals surface area (Å²) < 4.78 is 7.15. The average molecular weight is 342 g/mol. The molecule has 24 heavy (non-hydrogen) atoms. The second-order valence-electron chi connectivity index (χ2n) is 5.18. The number of aromatic nitrogens is 2. The van der Waals surface area contributed by atoms with Crippen molar-refractivity contribution in [2.24, 2.45) is 0 Å². The number of carbonyl (C=O) groups is 1. The predicted octanol–water partition coefficient (Wildman–Crippen LogP) is 4.76. The molecule has 0 radical (unpaired) electrons. The maximum atomic E-state index is 12.4. The first-order valence-corrected chi connectivity index (χ1v) is 7.84. The highest BCUT2D eigenvalue weighted by atomic mass is 35.5. The molecule has 6 heteroatoms. The Hall–Kier alpha value is -2.79. The van der Waals surface area contributed by atoms with Crippen molar-refractivity contribution in [2.75, 3.05) is 5.32 Å². The third-order valence-corrected chi connectivity index (χ3v) is 3.68. The molecule has 0 bridgehead atoms. The van der Waals surface area contributed by atoms with Crippen LogP contribution in [0.2, 0.25) is 5.02 Å². The molecule has 0 aliphatic rings. The van der Waals surface area contributed by atoms with Gasteiger partial charge in [-0.3, -0.25) is 0 Å². The highest BCUT2D eigenvalue weighted by Crippen LogP contribution is 2.23. The van der Waals surface area contributed by atoms with E-state index in [-0.39, 0.29) is 12.1 Å². The van der Waals surface area contributed by atoms with Crippen molar-refractivity contribution < 1.29 is 9.53 Å². The molecular formula is C18H16ClN3O2. The van der Waals surface area contributed by atoms with E-state index in [0.717, 1.165) is 0 Å². The van der Waals surface area contributed by atoms with Crippen LogP contribution in [0.1, 0.15) is 18.7 Å². The maximum Gasteiger partial charge on any atom is 0.346 e. The summed E-state index contributed by atoms with van der Waals surface area (Å²) in [7, 11) is 0. The fourth-order valence-electron chi connectivity index (χ4n) is 2.27. The molecule has 1 amide bonds. The molecule has 3 rings (SSSR count). The largest absolute Gasteiger partial charge is 0.484 e. The number of amides is 1. The first-order chi connectivity index (χ1) is 11.6. The molecule has 3 aromatic rings. The number of hydrogen-bond acceptors (Lipinski definition) is 3. The lowest BCUT2D eigenvalue weighted by Crippen LogP contribution is -2.24. The summed E-state index contributed by atoms with van der Waals surface area (Å²) in [5.74, 6) is 0.670. The minimum Gasteiger partial charge on any atom is -0.484 e. The fraction of sp³-hybridized carbons (Fsp3) is 0.111. The first-order valence-electron chi connectivity index (χ1n) is 7.46. The molecule has 1 N–H and O–H groups in total. The van der Waals surface area contributed by atoms with Crippen molar-refractivity contribution in [1.82, 2.24) is 9.78 Å². The molecule has 2 aromatic carbocycles. The minimum absolute atomic E-state index is 0.340. The van der Waals surface area contributed by atoms with Crippen molar-refractivity contribution in [3.8, 4) is 5.75 Å². The number of nitrogens with zero attached hydrogens (tertiary/aromatic N) is 2. The SMILES string of the molecule is C[C@@H](Oc1ccc(Cl)cc1)c1ccnn1C(=O)Nc1ccccc1. The van der Waals surface area contributed by atoms with Crippen LogP contribution in [0.5, 0.6) is 5.75 Å². The Bertz CT molecular complexity index is 816. The van der Waals surface area contributed by atoms with Crippen molar-refractivity contribution in [2.45, 2.75) is 13.0 Å². The normalized spacial score (nSPS) is 11.8.